The second-order valence-corrected chi connectivity index (χ2v) is 11.0. The van der Waals surface area contributed by atoms with E-state index in [1.165, 1.54) is 31.2 Å². The molecule has 206 valence electrons. The largest absolute Gasteiger partial charge is 0.370 e. The predicted octanol–water partition coefficient (Wildman–Crippen LogP) is 7.92. The first-order chi connectivity index (χ1) is 19.2. The van der Waals surface area contributed by atoms with Crippen LogP contribution in [0, 0.1) is 19.8 Å². The smallest absolute Gasteiger partial charge is 0.135 e. The summed E-state index contributed by atoms with van der Waals surface area (Å²) in [6.07, 6.45) is 16.8. The Labute approximate surface area is 238 Å². The number of pyridine rings is 1. The van der Waals surface area contributed by atoms with Crippen LogP contribution >= 0.6 is 0 Å². The van der Waals surface area contributed by atoms with Crippen molar-refractivity contribution in [2.45, 2.75) is 58.9 Å². The van der Waals surface area contributed by atoms with Crippen molar-refractivity contribution >= 4 is 17.1 Å². The Bertz CT molecular complexity index is 1530. The molecular weight excluding hydrogens is 492 g/mol. The molecule has 6 nitrogen and oxygen atoms in total. The molecule has 2 aromatic heterocycles. The van der Waals surface area contributed by atoms with Crippen LogP contribution in [0.5, 0.6) is 0 Å². The number of nitrogens with zero attached hydrogens (tertiary/aromatic N) is 3. The molecule has 1 saturated carbocycles. The fourth-order valence-corrected chi connectivity index (χ4v) is 5.72. The molecule has 1 aliphatic carbocycles. The summed E-state index contributed by atoms with van der Waals surface area (Å²) in [4.78, 5) is 8.99. The summed E-state index contributed by atoms with van der Waals surface area (Å²) >= 11 is 0. The third-order valence-electron chi connectivity index (χ3n) is 8.31. The average Bonchev–Trinajstić information content (AvgIpc) is 3.64. The standard InChI is InChI=1S/C34H40N6/c1-8-26(18-29(9-2)37-24(5)27-12-10-11-13-27)28-14-15-31-30(19-28)34(7,39-31)25(6)38-33-23(4)32(16-17-35-33)40-20-22(3)36-21-40/h8-9,14-21,27,37,39H,2,5-6,10-13H2,1,3-4,7H3,(H,35,38)/b26-8+,29-18+. The molecule has 1 aromatic carbocycles. The molecule has 0 bridgehead atoms. The minimum absolute atomic E-state index is 0.445. The van der Waals surface area contributed by atoms with E-state index in [-0.39, 0.29) is 0 Å². The summed E-state index contributed by atoms with van der Waals surface area (Å²) in [5, 5.41) is 10.6. The molecule has 0 saturated heterocycles. The van der Waals surface area contributed by atoms with Gasteiger partial charge in [0.15, 0.2) is 0 Å². The number of imidazole rings is 1. The van der Waals surface area contributed by atoms with Gasteiger partial charge in [0.2, 0.25) is 0 Å². The third kappa shape index (κ3) is 5.14. The highest BCUT2D eigenvalue weighted by Crippen LogP contribution is 2.46. The molecule has 3 heterocycles. The third-order valence-corrected chi connectivity index (χ3v) is 8.31. The lowest BCUT2D eigenvalue weighted by molar-refractivity contribution is 0.601. The summed E-state index contributed by atoms with van der Waals surface area (Å²) in [7, 11) is 0. The number of aryl methyl sites for hydroxylation is 1. The SMILES string of the molecule is C=C/C(=C\C(=C/C)c1ccc2c(c1)C(C)(C(=C)Nc1nccc(-n3cnc(C)c3)c1C)N2)NC(=C)C1CCCC1. The van der Waals surface area contributed by atoms with Gasteiger partial charge in [0.05, 0.1) is 17.7 Å². The molecule has 6 heteroatoms. The number of rotatable bonds is 10. The molecule has 1 aliphatic heterocycles. The van der Waals surface area contributed by atoms with Crippen molar-refractivity contribution in [3.05, 3.63) is 120 Å². The monoisotopic (exact) mass is 532 g/mol. The lowest BCUT2D eigenvalue weighted by Gasteiger charge is -2.45. The first kappa shape index (κ1) is 27.3. The number of hydrogen-bond acceptors (Lipinski definition) is 5. The molecule has 40 heavy (non-hydrogen) atoms. The van der Waals surface area contributed by atoms with E-state index in [9.17, 15) is 0 Å². The maximum absolute atomic E-state index is 4.62. The summed E-state index contributed by atoms with van der Waals surface area (Å²) in [5.41, 5.74) is 10.1. The zero-order valence-corrected chi connectivity index (χ0v) is 24.1. The molecule has 0 amide bonds. The van der Waals surface area contributed by atoms with Gasteiger partial charge in [-0.25, -0.2) is 9.97 Å². The minimum atomic E-state index is -0.445. The molecule has 1 atom stereocenters. The quantitative estimate of drug-likeness (QED) is 0.232. The molecule has 5 rings (SSSR count). The van der Waals surface area contributed by atoms with Crippen LogP contribution < -0.4 is 16.0 Å². The van der Waals surface area contributed by atoms with Crippen molar-refractivity contribution in [1.29, 1.82) is 0 Å². The van der Waals surface area contributed by atoms with Crippen molar-refractivity contribution in [3.63, 3.8) is 0 Å². The van der Waals surface area contributed by atoms with E-state index >= 15 is 0 Å². The van der Waals surface area contributed by atoms with Crippen LogP contribution in [-0.2, 0) is 5.54 Å². The van der Waals surface area contributed by atoms with E-state index in [0.29, 0.717) is 5.92 Å². The number of anilines is 2. The van der Waals surface area contributed by atoms with Gasteiger partial charge in [0.25, 0.3) is 0 Å². The minimum Gasteiger partial charge on any atom is -0.370 e. The van der Waals surface area contributed by atoms with Crippen LogP contribution in [0.4, 0.5) is 11.5 Å². The van der Waals surface area contributed by atoms with Crippen LogP contribution in [0.3, 0.4) is 0 Å². The predicted molar refractivity (Wildman–Crippen MR) is 167 cm³/mol. The van der Waals surface area contributed by atoms with Crippen LogP contribution in [0.25, 0.3) is 11.3 Å². The molecule has 1 unspecified atom stereocenters. The van der Waals surface area contributed by atoms with Crippen LogP contribution in [0.15, 0.2) is 98.0 Å². The van der Waals surface area contributed by atoms with Gasteiger partial charge < -0.3 is 20.5 Å². The van der Waals surface area contributed by atoms with Gasteiger partial charge in [-0.15, -0.1) is 0 Å². The number of benzene rings is 1. The van der Waals surface area contributed by atoms with Gasteiger partial charge in [0.1, 0.15) is 11.4 Å². The number of allylic oxidation sites excluding steroid dienone is 5. The molecule has 3 N–H and O–H groups in total. The zero-order chi connectivity index (χ0) is 28.4. The Morgan fingerprint density at radius 1 is 1.15 bits per heavy atom. The average molecular weight is 533 g/mol. The van der Waals surface area contributed by atoms with Gasteiger partial charge in [0, 0.05) is 46.3 Å². The maximum atomic E-state index is 4.62. The van der Waals surface area contributed by atoms with Crippen molar-refractivity contribution < 1.29 is 0 Å². The number of fused-ring (bicyclic) bond motifs is 1. The topological polar surface area (TPSA) is 66.8 Å². The second kappa shape index (κ2) is 11.0. The van der Waals surface area contributed by atoms with Gasteiger partial charge in [-0.05, 0) is 87.9 Å². The van der Waals surface area contributed by atoms with E-state index in [2.05, 4.69) is 96.8 Å². The Morgan fingerprint density at radius 2 is 1.93 bits per heavy atom. The van der Waals surface area contributed by atoms with Crippen LogP contribution in [0.1, 0.15) is 61.9 Å². The van der Waals surface area contributed by atoms with Gasteiger partial charge in [-0.2, -0.15) is 0 Å². The Morgan fingerprint density at radius 3 is 2.60 bits per heavy atom. The highest BCUT2D eigenvalue weighted by atomic mass is 15.1. The Kier molecular flexibility index (Phi) is 7.53. The van der Waals surface area contributed by atoms with Crippen molar-refractivity contribution in [2.24, 2.45) is 5.92 Å². The summed E-state index contributed by atoms with van der Waals surface area (Å²) < 4.78 is 2.02. The van der Waals surface area contributed by atoms with E-state index < -0.39 is 5.54 Å². The highest BCUT2D eigenvalue weighted by Gasteiger charge is 2.41. The molecule has 3 aromatic rings. The first-order valence-electron chi connectivity index (χ1n) is 14.1. The van der Waals surface area contributed by atoms with Crippen molar-refractivity contribution in [3.8, 4) is 5.69 Å². The first-order valence-corrected chi connectivity index (χ1v) is 14.1. The molecule has 0 radical (unpaired) electrons. The Hall–Kier alpha value is -4.32. The molecule has 1 fully saturated rings. The maximum Gasteiger partial charge on any atom is 0.135 e. The summed E-state index contributed by atoms with van der Waals surface area (Å²) in [6.45, 7) is 21.1. The summed E-state index contributed by atoms with van der Waals surface area (Å²) in [5.74, 6) is 1.32. The fourth-order valence-electron chi connectivity index (χ4n) is 5.72. The van der Waals surface area contributed by atoms with Crippen LogP contribution in [-0.4, -0.2) is 14.5 Å². The molecular formula is C34H40N6. The van der Waals surface area contributed by atoms with E-state index in [1.54, 1.807) is 0 Å². The van der Waals surface area contributed by atoms with E-state index in [1.807, 2.05) is 42.4 Å². The van der Waals surface area contributed by atoms with Crippen molar-refractivity contribution in [2.75, 3.05) is 10.6 Å². The Balaban J connectivity index is 1.36. The highest BCUT2D eigenvalue weighted by molar-refractivity contribution is 5.81. The number of nitrogens with one attached hydrogen (secondary N) is 3. The molecule has 2 aliphatic rings. The molecule has 0 spiro atoms. The van der Waals surface area contributed by atoms with Gasteiger partial charge >= 0.3 is 0 Å². The normalized spacial score (nSPS) is 18.9. The zero-order valence-electron chi connectivity index (χ0n) is 24.1. The number of hydrogen-bond donors (Lipinski definition) is 3. The van der Waals surface area contributed by atoms with Crippen LogP contribution in [0.2, 0.25) is 0 Å². The van der Waals surface area contributed by atoms with Gasteiger partial charge in [-0.1, -0.05) is 44.7 Å². The van der Waals surface area contributed by atoms with Crippen molar-refractivity contribution in [1.82, 2.24) is 19.9 Å². The van der Waals surface area contributed by atoms with E-state index in [4.69, 9.17) is 0 Å². The fraction of sp³-hybridized carbons (Fsp3) is 0.294. The van der Waals surface area contributed by atoms with Gasteiger partial charge in [-0.3, -0.25) is 0 Å². The second-order valence-electron chi connectivity index (χ2n) is 11.0. The lowest BCUT2D eigenvalue weighted by atomic mass is 9.79. The number of aromatic nitrogens is 3. The van der Waals surface area contributed by atoms with E-state index in [0.717, 1.165) is 56.7 Å². The lowest BCUT2D eigenvalue weighted by Crippen LogP contribution is -2.45. The summed E-state index contributed by atoms with van der Waals surface area (Å²) in [6, 6.07) is 8.54.